The molecule has 0 fully saturated rings. The second-order valence-corrected chi connectivity index (χ2v) is 3.85. The number of aromatic nitrogens is 3. The minimum absolute atomic E-state index is 0.00576. The molecule has 8 heteroatoms. The van der Waals surface area contributed by atoms with Gasteiger partial charge in [-0.25, -0.2) is 0 Å². The molecule has 5 N–H and O–H groups in total. The topological polar surface area (TPSA) is 129 Å². The molecule has 1 aromatic heterocycles. The molecule has 0 aliphatic heterocycles. The van der Waals surface area contributed by atoms with Crippen LogP contribution in [-0.2, 0) is 4.79 Å². The first kappa shape index (κ1) is 12.9. The number of nitrogen functional groups attached to an aromatic ring is 1. The van der Waals surface area contributed by atoms with Crippen LogP contribution < -0.4 is 21.5 Å². The molecule has 1 heterocycles. The van der Waals surface area contributed by atoms with Crippen LogP contribution in [0.5, 0.6) is 6.01 Å². The zero-order valence-corrected chi connectivity index (χ0v) is 10.0. The zero-order chi connectivity index (χ0) is 13.1. The molecule has 0 aromatic carbocycles. The third-order valence-electron chi connectivity index (χ3n) is 1.95. The van der Waals surface area contributed by atoms with Gasteiger partial charge in [-0.05, 0) is 20.8 Å². The van der Waals surface area contributed by atoms with Crippen LogP contribution in [0, 0.1) is 0 Å². The van der Waals surface area contributed by atoms with Crippen molar-refractivity contribution >= 4 is 17.8 Å². The van der Waals surface area contributed by atoms with Gasteiger partial charge in [0.25, 0.3) is 0 Å². The molecule has 8 nitrogen and oxygen atoms in total. The van der Waals surface area contributed by atoms with Gasteiger partial charge < -0.3 is 21.5 Å². The Bertz CT molecular complexity index is 420. The number of hydrogen-bond donors (Lipinski definition) is 3. The van der Waals surface area contributed by atoms with Gasteiger partial charge >= 0.3 is 6.01 Å². The van der Waals surface area contributed by atoms with Crippen LogP contribution in [0.4, 0.5) is 11.9 Å². The third kappa shape index (κ3) is 3.44. The lowest BCUT2D eigenvalue weighted by atomic mass is 10.1. The van der Waals surface area contributed by atoms with E-state index in [1.165, 1.54) is 0 Å². The summed E-state index contributed by atoms with van der Waals surface area (Å²) in [6, 6.07) is 0.0998. The van der Waals surface area contributed by atoms with Crippen LogP contribution >= 0.6 is 0 Å². The van der Waals surface area contributed by atoms with E-state index in [2.05, 4.69) is 20.3 Å². The second kappa shape index (κ2) is 4.81. The highest BCUT2D eigenvalue weighted by Gasteiger charge is 2.26. The van der Waals surface area contributed by atoms with E-state index in [1.807, 2.05) is 0 Å². The Morgan fingerprint density at radius 2 is 2.06 bits per heavy atom. The average molecular weight is 240 g/mol. The lowest BCUT2D eigenvalue weighted by Crippen LogP contribution is -2.45. The Kier molecular flexibility index (Phi) is 3.66. The molecule has 0 saturated heterocycles. The number of nitrogens with zero attached hydrogens (tertiary/aromatic N) is 3. The summed E-state index contributed by atoms with van der Waals surface area (Å²) < 4.78 is 5.10. The van der Waals surface area contributed by atoms with Crippen molar-refractivity contribution in [2.45, 2.75) is 26.3 Å². The van der Waals surface area contributed by atoms with Gasteiger partial charge in [0, 0.05) is 0 Å². The van der Waals surface area contributed by atoms with Crippen molar-refractivity contribution in [3.05, 3.63) is 0 Å². The smallest absolute Gasteiger partial charge is 0.323 e. The monoisotopic (exact) mass is 240 g/mol. The van der Waals surface area contributed by atoms with Gasteiger partial charge in [-0.3, -0.25) is 4.79 Å². The van der Waals surface area contributed by atoms with E-state index in [9.17, 15) is 4.79 Å². The van der Waals surface area contributed by atoms with Crippen LogP contribution in [0.2, 0.25) is 0 Å². The SMILES string of the molecule is CCOc1nc(N)nc(NC(C)(C)C(N)=O)n1. The molecule has 1 aromatic rings. The van der Waals surface area contributed by atoms with Crippen molar-refractivity contribution in [3.63, 3.8) is 0 Å². The number of amides is 1. The van der Waals surface area contributed by atoms with E-state index in [0.29, 0.717) is 6.61 Å². The number of anilines is 2. The number of nitrogens with two attached hydrogens (primary N) is 2. The normalized spacial score (nSPS) is 11.0. The number of primary amides is 1. The summed E-state index contributed by atoms with van der Waals surface area (Å²) in [5.74, 6) is -0.384. The number of rotatable bonds is 5. The molecule has 0 radical (unpaired) electrons. The zero-order valence-electron chi connectivity index (χ0n) is 10.0. The molecule has 0 spiro atoms. The van der Waals surface area contributed by atoms with Crippen molar-refractivity contribution in [1.82, 2.24) is 15.0 Å². The van der Waals surface area contributed by atoms with Crippen LogP contribution in [0.15, 0.2) is 0 Å². The fraction of sp³-hybridized carbons (Fsp3) is 0.556. The highest BCUT2D eigenvalue weighted by molar-refractivity contribution is 5.86. The van der Waals surface area contributed by atoms with Crippen molar-refractivity contribution in [2.75, 3.05) is 17.7 Å². The van der Waals surface area contributed by atoms with Gasteiger partial charge in [0.2, 0.25) is 17.8 Å². The highest BCUT2D eigenvalue weighted by atomic mass is 16.5. The number of nitrogens with one attached hydrogen (secondary N) is 1. The van der Waals surface area contributed by atoms with Crippen LogP contribution in [0.3, 0.4) is 0 Å². The number of carbonyl (C=O) groups is 1. The minimum atomic E-state index is -0.989. The van der Waals surface area contributed by atoms with Gasteiger partial charge in [-0.1, -0.05) is 0 Å². The predicted molar refractivity (Wildman–Crippen MR) is 62.3 cm³/mol. The first-order valence-electron chi connectivity index (χ1n) is 5.07. The Hall–Kier alpha value is -2.12. The van der Waals surface area contributed by atoms with E-state index in [-0.39, 0.29) is 17.9 Å². The molecule has 17 heavy (non-hydrogen) atoms. The van der Waals surface area contributed by atoms with Crippen LogP contribution in [0.25, 0.3) is 0 Å². The number of ether oxygens (including phenoxy) is 1. The molecule has 0 saturated carbocycles. The Morgan fingerprint density at radius 3 is 2.59 bits per heavy atom. The lowest BCUT2D eigenvalue weighted by Gasteiger charge is -2.22. The molecule has 0 aliphatic rings. The van der Waals surface area contributed by atoms with Gasteiger partial charge in [-0.2, -0.15) is 15.0 Å². The number of carbonyl (C=O) groups excluding carboxylic acids is 1. The summed E-state index contributed by atoms with van der Waals surface area (Å²) in [5.41, 5.74) is 9.72. The summed E-state index contributed by atoms with van der Waals surface area (Å²) in [6.07, 6.45) is 0. The summed E-state index contributed by atoms with van der Waals surface area (Å²) in [6.45, 7) is 5.41. The van der Waals surface area contributed by atoms with E-state index < -0.39 is 11.4 Å². The molecule has 0 aliphatic carbocycles. The molecule has 0 atom stereocenters. The molecule has 94 valence electrons. The Morgan fingerprint density at radius 1 is 1.41 bits per heavy atom. The van der Waals surface area contributed by atoms with E-state index in [0.717, 1.165) is 0 Å². The van der Waals surface area contributed by atoms with Crippen LogP contribution in [-0.4, -0.2) is 33.0 Å². The van der Waals surface area contributed by atoms with Crippen molar-refractivity contribution in [3.8, 4) is 6.01 Å². The number of hydrogen-bond acceptors (Lipinski definition) is 7. The summed E-state index contributed by atoms with van der Waals surface area (Å²) in [7, 11) is 0. The maximum absolute atomic E-state index is 11.1. The summed E-state index contributed by atoms with van der Waals surface area (Å²) >= 11 is 0. The van der Waals surface area contributed by atoms with Crippen molar-refractivity contribution < 1.29 is 9.53 Å². The Balaban J connectivity index is 2.95. The second-order valence-electron chi connectivity index (χ2n) is 3.85. The van der Waals surface area contributed by atoms with E-state index >= 15 is 0 Å². The summed E-state index contributed by atoms with van der Waals surface area (Å²) in [5, 5.41) is 2.76. The molecule has 1 rings (SSSR count). The molecule has 1 amide bonds. The maximum Gasteiger partial charge on any atom is 0.323 e. The lowest BCUT2D eigenvalue weighted by molar-refractivity contribution is -0.121. The molecular weight excluding hydrogens is 224 g/mol. The summed E-state index contributed by atoms with van der Waals surface area (Å²) in [4.78, 5) is 22.7. The average Bonchev–Trinajstić information content (AvgIpc) is 2.15. The third-order valence-corrected chi connectivity index (χ3v) is 1.95. The van der Waals surface area contributed by atoms with E-state index in [4.69, 9.17) is 16.2 Å². The van der Waals surface area contributed by atoms with Crippen LogP contribution in [0.1, 0.15) is 20.8 Å². The van der Waals surface area contributed by atoms with Crippen molar-refractivity contribution in [1.29, 1.82) is 0 Å². The standard InChI is InChI=1S/C9H16N6O2/c1-4-17-8-13-6(11)12-7(14-8)15-9(2,3)5(10)16/h4H2,1-3H3,(H2,10,16)(H3,11,12,13,14,15). The molecular formula is C9H16N6O2. The fourth-order valence-corrected chi connectivity index (χ4v) is 0.963. The maximum atomic E-state index is 11.1. The first-order valence-corrected chi connectivity index (χ1v) is 5.07. The quantitative estimate of drug-likeness (QED) is 0.634. The van der Waals surface area contributed by atoms with Gasteiger partial charge in [-0.15, -0.1) is 0 Å². The molecule has 0 bridgehead atoms. The van der Waals surface area contributed by atoms with Gasteiger partial charge in [0.05, 0.1) is 6.61 Å². The first-order chi connectivity index (χ1) is 7.85. The van der Waals surface area contributed by atoms with Gasteiger partial charge in [0.15, 0.2) is 0 Å². The largest absolute Gasteiger partial charge is 0.464 e. The Labute approximate surface area is 98.8 Å². The minimum Gasteiger partial charge on any atom is -0.464 e. The highest BCUT2D eigenvalue weighted by Crippen LogP contribution is 2.14. The van der Waals surface area contributed by atoms with Gasteiger partial charge in [0.1, 0.15) is 5.54 Å². The van der Waals surface area contributed by atoms with E-state index in [1.54, 1.807) is 20.8 Å². The van der Waals surface area contributed by atoms with Crippen molar-refractivity contribution in [2.24, 2.45) is 5.73 Å². The predicted octanol–water partition coefficient (Wildman–Crippen LogP) is -0.472. The fourth-order valence-electron chi connectivity index (χ4n) is 0.963. The molecule has 0 unspecified atom stereocenters.